The summed E-state index contributed by atoms with van der Waals surface area (Å²) in [7, 11) is 0. The summed E-state index contributed by atoms with van der Waals surface area (Å²) in [6, 6.07) is 3.60. The van der Waals surface area contributed by atoms with Crippen LogP contribution in [-0.4, -0.2) is 5.91 Å². The van der Waals surface area contributed by atoms with Gasteiger partial charge in [-0.3, -0.25) is 4.79 Å². The number of nitrogens with one attached hydrogen (secondary N) is 1. The largest absolute Gasteiger partial charge is 0.418 e. The molecule has 0 saturated heterocycles. The van der Waals surface area contributed by atoms with Crippen molar-refractivity contribution in [2.45, 2.75) is 19.0 Å². The fraction of sp³-hybridized carbons (Fsp3) is 0.300. The Hall–Kier alpha value is -1.23. The molecule has 0 heterocycles. The van der Waals surface area contributed by atoms with Gasteiger partial charge in [0.05, 0.1) is 11.3 Å². The molecule has 6 heteroatoms. The van der Waals surface area contributed by atoms with E-state index in [4.69, 9.17) is 11.6 Å². The third-order valence-corrected chi connectivity index (χ3v) is 2.19. The molecule has 0 aliphatic carbocycles. The molecule has 2 nitrogen and oxygen atoms in total. The number of carbonyl (C=O) groups is 1. The summed E-state index contributed by atoms with van der Waals surface area (Å²) in [5.41, 5.74) is -0.912. The third-order valence-electron chi connectivity index (χ3n) is 1.90. The zero-order valence-electron chi connectivity index (χ0n) is 8.36. The van der Waals surface area contributed by atoms with Crippen LogP contribution in [0.3, 0.4) is 0 Å². The van der Waals surface area contributed by atoms with Crippen molar-refractivity contribution in [2.24, 2.45) is 0 Å². The molecule has 0 radical (unpaired) electrons. The van der Waals surface area contributed by atoms with Gasteiger partial charge in [-0.2, -0.15) is 13.2 Å². The van der Waals surface area contributed by atoms with E-state index in [1.54, 1.807) is 0 Å². The standard InChI is InChI=1S/C10H9ClF3NO/c1-6(16)15-9-7(5-11)3-2-4-8(9)10(12,13)14/h2-4H,5H2,1H3,(H,15,16). The van der Waals surface area contributed by atoms with Crippen LogP contribution in [0.15, 0.2) is 18.2 Å². The van der Waals surface area contributed by atoms with Crippen LogP contribution in [0.2, 0.25) is 0 Å². The van der Waals surface area contributed by atoms with Gasteiger partial charge in [0.1, 0.15) is 0 Å². The Balaban J connectivity index is 3.31. The number of amides is 1. The third kappa shape index (κ3) is 2.88. The van der Waals surface area contributed by atoms with Crippen LogP contribution in [0.25, 0.3) is 0 Å². The molecule has 1 rings (SSSR count). The van der Waals surface area contributed by atoms with Crippen LogP contribution < -0.4 is 5.32 Å². The Labute approximate surface area is 95.4 Å². The number of carbonyl (C=O) groups excluding carboxylic acids is 1. The highest BCUT2D eigenvalue weighted by Gasteiger charge is 2.34. The first kappa shape index (κ1) is 12.8. The highest BCUT2D eigenvalue weighted by molar-refractivity contribution is 6.17. The van der Waals surface area contributed by atoms with Crippen LogP contribution in [0.5, 0.6) is 0 Å². The van der Waals surface area contributed by atoms with Crippen molar-refractivity contribution in [3.05, 3.63) is 29.3 Å². The van der Waals surface area contributed by atoms with E-state index in [2.05, 4.69) is 5.32 Å². The molecule has 1 amide bonds. The van der Waals surface area contributed by atoms with Gasteiger partial charge in [0.25, 0.3) is 0 Å². The van der Waals surface area contributed by atoms with E-state index in [-0.39, 0.29) is 17.1 Å². The normalized spacial score (nSPS) is 11.3. The molecule has 0 aliphatic rings. The smallest absolute Gasteiger partial charge is 0.325 e. The summed E-state index contributed by atoms with van der Waals surface area (Å²) in [5.74, 6) is -0.664. The lowest BCUT2D eigenvalue weighted by molar-refractivity contribution is -0.137. The molecule has 0 fully saturated rings. The van der Waals surface area contributed by atoms with Gasteiger partial charge >= 0.3 is 6.18 Å². The quantitative estimate of drug-likeness (QED) is 0.802. The zero-order chi connectivity index (χ0) is 12.3. The van der Waals surface area contributed by atoms with Crippen LogP contribution in [0, 0.1) is 0 Å². The van der Waals surface area contributed by atoms with Crippen LogP contribution in [0.1, 0.15) is 18.1 Å². The second-order valence-corrected chi connectivity index (χ2v) is 3.42. The Kier molecular flexibility index (Phi) is 3.80. The number of halogens is 4. The van der Waals surface area contributed by atoms with Gasteiger partial charge < -0.3 is 5.32 Å². The number of rotatable bonds is 2. The van der Waals surface area contributed by atoms with Gasteiger partial charge in [-0.15, -0.1) is 11.6 Å². The maximum atomic E-state index is 12.6. The average Bonchev–Trinajstić information content (AvgIpc) is 2.15. The van der Waals surface area contributed by atoms with E-state index in [1.165, 1.54) is 12.1 Å². The molecule has 1 aromatic carbocycles. The summed E-state index contributed by atoms with van der Waals surface area (Å²) < 4.78 is 37.9. The first-order valence-electron chi connectivity index (χ1n) is 4.39. The molecule has 0 bridgehead atoms. The summed E-state index contributed by atoms with van der Waals surface area (Å²) in [6.45, 7) is 1.14. The first-order chi connectivity index (χ1) is 7.36. The molecule has 1 N–H and O–H groups in total. The highest BCUT2D eigenvalue weighted by Crippen LogP contribution is 2.37. The molecule has 0 spiro atoms. The lowest BCUT2D eigenvalue weighted by Crippen LogP contribution is -2.15. The van der Waals surface area contributed by atoms with Crippen molar-refractivity contribution < 1.29 is 18.0 Å². The van der Waals surface area contributed by atoms with Gasteiger partial charge in [0.15, 0.2) is 0 Å². The van der Waals surface area contributed by atoms with Gasteiger partial charge in [-0.05, 0) is 11.6 Å². The van der Waals surface area contributed by atoms with Crippen molar-refractivity contribution in [3.8, 4) is 0 Å². The van der Waals surface area contributed by atoms with Crippen molar-refractivity contribution >= 4 is 23.2 Å². The maximum absolute atomic E-state index is 12.6. The Bertz CT molecular complexity index is 404. The van der Waals surface area contributed by atoms with E-state index >= 15 is 0 Å². The molecule has 16 heavy (non-hydrogen) atoms. The van der Waals surface area contributed by atoms with Crippen LogP contribution in [-0.2, 0) is 16.9 Å². The van der Waals surface area contributed by atoms with Crippen molar-refractivity contribution in [1.29, 1.82) is 0 Å². The van der Waals surface area contributed by atoms with E-state index in [9.17, 15) is 18.0 Å². The van der Waals surface area contributed by atoms with E-state index in [1.807, 2.05) is 0 Å². The first-order valence-corrected chi connectivity index (χ1v) is 4.92. The second kappa shape index (κ2) is 4.74. The van der Waals surface area contributed by atoms with Crippen LogP contribution in [0.4, 0.5) is 18.9 Å². The summed E-state index contributed by atoms with van der Waals surface area (Å²) >= 11 is 5.52. The molecule has 1 aromatic rings. The molecule has 0 unspecified atom stereocenters. The summed E-state index contributed by atoms with van der Waals surface area (Å²) in [6.07, 6.45) is -4.51. The fourth-order valence-electron chi connectivity index (χ4n) is 1.27. The number of anilines is 1. The summed E-state index contributed by atoms with van der Waals surface area (Å²) in [4.78, 5) is 10.8. The van der Waals surface area contributed by atoms with E-state index in [0.717, 1.165) is 13.0 Å². The van der Waals surface area contributed by atoms with Gasteiger partial charge in [0.2, 0.25) is 5.91 Å². The molecule has 0 aliphatic heterocycles. The SMILES string of the molecule is CC(=O)Nc1c(CCl)cccc1C(F)(F)F. The number of hydrogen-bond acceptors (Lipinski definition) is 1. The van der Waals surface area contributed by atoms with E-state index in [0.29, 0.717) is 0 Å². The maximum Gasteiger partial charge on any atom is 0.418 e. The van der Waals surface area contributed by atoms with Crippen molar-refractivity contribution in [2.75, 3.05) is 5.32 Å². The zero-order valence-corrected chi connectivity index (χ0v) is 9.12. The Morgan fingerprint density at radius 1 is 1.44 bits per heavy atom. The van der Waals surface area contributed by atoms with E-state index < -0.39 is 17.6 Å². The van der Waals surface area contributed by atoms with Gasteiger partial charge in [-0.25, -0.2) is 0 Å². The molecule has 0 saturated carbocycles. The second-order valence-electron chi connectivity index (χ2n) is 3.15. The Morgan fingerprint density at radius 3 is 2.50 bits per heavy atom. The van der Waals surface area contributed by atoms with Crippen molar-refractivity contribution in [1.82, 2.24) is 0 Å². The molecule has 0 aromatic heterocycles. The fourth-order valence-corrected chi connectivity index (χ4v) is 1.49. The molecular weight excluding hydrogens is 243 g/mol. The van der Waals surface area contributed by atoms with Gasteiger partial charge in [-0.1, -0.05) is 12.1 Å². The van der Waals surface area contributed by atoms with Gasteiger partial charge in [0, 0.05) is 12.8 Å². The minimum absolute atomic E-state index is 0.0977. The Morgan fingerprint density at radius 2 is 2.06 bits per heavy atom. The molecular formula is C10H9ClF3NO. The number of para-hydroxylation sites is 1. The summed E-state index contributed by atoms with van der Waals surface area (Å²) in [5, 5.41) is 2.16. The number of benzene rings is 1. The average molecular weight is 252 g/mol. The molecule has 88 valence electrons. The predicted octanol–water partition coefficient (Wildman–Crippen LogP) is 3.40. The minimum Gasteiger partial charge on any atom is -0.325 e. The number of hydrogen-bond donors (Lipinski definition) is 1. The minimum atomic E-state index is -4.51. The number of alkyl halides is 4. The van der Waals surface area contributed by atoms with Crippen LogP contribution >= 0.6 is 11.6 Å². The lowest BCUT2D eigenvalue weighted by Gasteiger charge is -2.15. The molecule has 0 atom stereocenters. The predicted molar refractivity (Wildman–Crippen MR) is 55.3 cm³/mol. The highest BCUT2D eigenvalue weighted by atomic mass is 35.5. The lowest BCUT2D eigenvalue weighted by atomic mass is 10.1. The topological polar surface area (TPSA) is 29.1 Å². The van der Waals surface area contributed by atoms with Crippen molar-refractivity contribution in [3.63, 3.8) is 0 Å². The monoisotopic (exact) mass is 251 g/mol.